The van der Waals surface area contributed by atoms with E-state index in [0.29, 0.717) is 35.5 Å². The van der Waals surface area contributed by atoms with Gasteiger partial charge in [0.2, 0.25) is 0 Å². The molecule has 0 spiro atoms. The minimum absolute atomic E-state index is 0.159. The molecule has 0 radical (unpaired) electrons. The SMILES string of the molecule is Cc1ccc(OCCCCOC(COc2cccc(/C=C/C(=O)c3cccc(CC(=O)O)c3)c2)C(=O)O)cc1. The lowest BCUT2D eigenvalue weighted by atomic mass is 10.0. The molecule has 0 aliphatic rings. The number of hydrogen-bond acceptors (Lipinski definition) is 6. The predicted octanol–water partition coefficient (Wildman–Crippen LogP) is 5.23. The van der Waals surface area contributed by atoms with E-state index in [1.807, 2.05) is 31.2 Å². The van der Waals surface area contributed by atoms with Crippen LogP contribution in [-0.2, 0) is 20.7 Å². The Morgan fingerprint density at radius 1 is 0.846 bits per heavy atom. The van der Waals surface area contributed by atoms with Crippen LogP contribution in [0.15, 0.2) is 78.9 Å². The Morgan fingerprint density at radius 2 is 1.59 bits per heavy atom. The zero-order valence-corrected chi connectivity index (χ0v) is 21.7. The van der Waals surface area contributed by atoms with E-state index in [0.717, 1.165) is 17.7 Å². The van der Waals surface area contributed by atoms with Gasteiger partial charge in [0, 0.05) is 12.2 Å². The molecule has 0 aromatic heterocycles. The van der Waals surface area contributed by atoms with Crippen LogP contribution in [0.25, 0.3) is 6.08 Å². The van der Waals surface area contributed by atoms with Crippen LogP contribution in [0.1, 0.15) is 39.9 Å². The fourth-order valence-electron chi connectivity index (χ4n) is 3.60. The molecular weight excluding hydrogens is 500 g/mol. The van der Waals surface area contributed by atoms with Crippen molar-refractivity contribution >= 4 is 23.8 Å². The molecule has 0 amide bonds. The summed E-state index contributed by atoms with van der Waals surface area (Å²) in [5, 5.41) is 18.4. The summed E-state index contributed by atoms with van der Waals surface area (Å²) in [7, 11) is 0. The van der Waals surface area contributed by atoms with Gasteiger partial charge in [-0.05, 0) is 67.3 Å². The average Bonchev–Trinajstić information content (AvgIpc) is 2.91. The van der Waals surface area contributed by atoms with Crippen LogP contribution in [0.3, 0.4) is 0 Å². The number of benzene rings is 3. The molecule has 0 heterocycles. The third-order valence-electron chi connectivity index (χ3n) is 5.68. The van der Waals surface area contributed by atoms with Gasteiger partial charge in [-0.25, -0.2) is 4.79 Å². The van der Waals surface area contributed by atoms with Crippen molar-refractivity contribution in [1.82, 2.24) is 0 Å². The molecule has 0 aliphatic heterocycles. The van der Waals surface area contributed by atoms with E-state index < -0.39 is 18.0 Å². The summed E-state index contributed by atoms with van der Waals surface area (Å²) in [6, 6.07) is 21.2. The molecule has 1 atom stereocenters. The van der Waals surface area contributed by atoms with Gasteiger partial charge < -0.3 is 24.4 Å². The lowest BCUT2D eigenvalue weighted by molar-refractivity contribution is -0.152. The van der Waals surface area contributed by atoms with Crippen LogP contribution in [0.4, 0.5) is 0 Å². The van der Waals surface area contributed by atoms with E-state index in [-0.39, 0.29) is 25.4 Å². The maximum atomic E-state index is 12.5. The summed E-state index contributed by atoms with van der Waals surface area (Å²) in [5.74, 6) is -1.11. The summed E-state index contributed by atoms with van der Waals surface area (Å²) in [6.07, 6.45) is 3.09. The van der Waals surface area contributed by atoms with Crippen molar-refractivity contribution in [1.29, 1.82) is 0 Å². The Morgan fingerprint density at radius 3 is 2.33 bits per heavy atom. The molecule has 0 saturated carbocycles. The number of unbranched alkanes of at least 4 members (excludes halogenated alkanes) is 1. The maximum Gasteiger partial charge on any atom is 0.336 e. The van der Waals surface area contributed by atoms with Gasteiger partial charge in [0.25, 0.3) is 0 Å². The van der Waals surface area contributed by atoms with Crippen LogP contribution < -0.4 is 9.47 Å². The molecule has 0 aliphatic carbocycles. The van der Waals surface area contributed by atoms with Gasteiger partial charge >= 0.3 is 11.9 Å². The smallest absolute Gasteiger partial charge is 0.336 e. The van der Waals surface area contributed by atoms with Gasteiger partial charge in [0.05, 0.1) is 13.0 Å². The molecule has 0 saturated heterocycles. The number of allylic oxidation sites excluding steroid dienone is 1. The van der Waals surface area contributed by atoms with Crippen LogP contribution in [0.5, 0.6) is 11.5 Å². The summed E-state index contributed by atoms with van der Waals surface area (Å²) in [6.45, 7) is 2.61. The molecule has 3 aromatic rings. The van der Waals surface area contributed by atoms with Gasteiger partial charge in [-0.2, -0.15) is 0 Å². The number of hydrogen-bond donors (Lipinski definition) is 2. The van der Waals surface area contributed by atoms with Crippen molar-refractivity contribution in [2.75, 3.05) is 19.8 Å². The molecule has 1 unspecified atom stereocenters. The van der Waals surface area contributed by atoms with E-state index in [9.17, 15) is 19.5 Å². The predicted molar refractivity (Wildman–Crippen MR) is 146 cm³/mol. The van der Waals surface area contributed by atoms with Crippen LogP contribution >= 0.6 is 0 Å². The molecule has 204 valence electrons. The Balaban J connectivity index is 1.44. The number of aliphatic carboxylic acids is 2. The second-order valence-electron chi connectivity index (χ2n) is 8.92. The second kappa shape index (κ2) is 15.1. The van der Waals surface area contributed by atoms with Gasteiger partial charge in [-0.3, -0.25) is 9.59 Å². The zero-order valence-electron chi connectivity index (χ0n) is 21.7. The molecule has 8 nitrogen and oxygen atoms in total. The summed E-state index contributed by atoms with van der Waals surface area (Å²) in [4.78, 5) is 35.0. The lowest BCUT2D eigenvalue weighted by Gasteiger charge is -2.15. The number of carboxylic acid groups (broad SMARTS) is 2. The number of aryl methyl sites for hydroxylation is 1. The lowest BCUT2D eigenvalue weighted by Crippen LogP contribution is -2.31. The van der Waals surface area contributed by atoms with Crippen molar-refractivity contribution in [2.45, 2.75) is 32.3 Å². The maximum absolute atomic E-state index is 12.5. The average molecular weight is 533 g/mol. The molecular formula is C31H32O8. The van der Waals surface area contributed by atoms with E-state index in [1.54, 1.807) is 54.6 Å². The molecule has 0 fully saturated rings. The molecule has 3 rings (SSSR count). The van der Waals surface area contributed by atoms with Gasteiger partial charge in [0.1, 0.15) is 18.1 Å². The standard InChI is InChI=1S/C31H32O8/c1-22-10-13-26(14-11-22)37-16-2-3-17-38-29(31(35)36)21-39-27-9-5-6-23(19-27)12-15-28(32)25-8-4-7-24(18-25)20-30(33)34/h4-15,18-19,29H,2-3,16-17,20-21H2,1H3,(H,33,34)(H,35,36)/b15-12+. The first kappa shape index (κ1) is 29.1. The number of carbonyl (C=O) groups is 3. The molecule has 8 heteroatoms. The van der Waals surface area contributed by atoms with E-state index >= 15 is 0 Å². The summed E-state index contributed by atoms with van der Waals surface area (Å²) < 4.78 is 16.8. The highest BCUT2D eigenvalue weighted by molar-refractivity contribution is 6.07. The quantitative estimate of drug-likeness (QED) is 0.146. The van der Waals surface area contributed by atoms with Crippen molar-refractivity contribution in [3.05, 3.63) is 101 Å². The van der Waals surface area contributed by atoms with Crippen LogP contribution in [0, 0.1) is 6.92 Å². The highest BCUT2D eigenvalue weighted by Gasteiger charge is 2.19. The Hall–Kier alpha value is -4.43. The Kier molecular flexibility index (Phi) is 11.3. The largest absolute Gasteiger partial charge is 0.494 e. The van der Waals surface area contributed by atoms with Crippen molar-refractivity contribution in [2.24, 2.45) is 0 Å². The summed E-state index contributed by atoms with van der Waals surface area (Å²) in [5.41, 5.74) is 2.78. The van der Waals surface area contributed by atoms with Crippen LogP contribution in [-0.4, -0.2) is 53.9 Å². The first-order valence-electron chi connectivity index (χ1n) is 12.6. The molecule has 39 heavy (non-hydrogen) atoms. The second-order valence-corrected chi connectivity index (χ2v) is 8.92. The normalized spacial score (nSPS) is 11.7. The van der Waals surface area contributed by atoms with Crippen LogP contribution in [0.2, 0.25) is 0 Å². The molecule has 2 N–H and O–H groups in total. The van der Waals surface area contributed by atoms with E-state index in [4.69, 9.17) is 19.3 Å². The number of ketones is 1. The first-order chi connectivity index (χ1) is 18.8. The monoisotopic (exact) mass is 532 g/mol. The number of carboxylic acids is 2. The van der Waals surface area contributed by atoms with Crippen molar-refractivity contribution in [3.8, 4) is 11.5 Å². The zero-order chi connectivity index (χ0) is 28.0. The third-order valence-corrected chi connectivity index (χ3v) is 5.68. The molecule has 0 bridgehead atoms. The number of rotatable bonds is 16. The fraction of sp³-hybridized carbons (Fsp3) is 0.258. The Labute approximate surface area is 227 Å². The Bertz CT molecular complexity index is 1280. The number of carbonyl (C=O) groups excluding carboxylic acids is 1. The van der Waals surface area contributed by atoms with E-state index in [2.05, 4.69) is 0 Å². The topological polar surface area (TPSA) is 119 Å². The third kappa shape index (κ3) is 10.5. The minimum Gasteiger partial charge on any atom is -0.494 e. The van der Waals surface area contributed by atoms with Gasteiger partial charge in [-0.1, -0.05) is 54.1 Å². The van der Waals surface area contributed by atoms with Crippen molar-refractivity contribution in [3.63, 3.8) is 0 Å². The first-order valence-corrected chi connectivity index (χ1v) is 12.6. The fourth-order valence-corrected chi connectivity index (χ4v) is 3.60. The van der Waals surface area contributed by atoms with E-state index in [1.165, 1.54) is 6.08 Å². The minimum atomic E-state index is -1.12. The molecule has 3 aromatic carbocycles. The van der Waals surface area contributed by atoms with Crippen molar-refractivity contribution < 1.29 is 38.8 Å². The summed E-state index contributed by atoms with van der Waals surface area (Å²) >= 11 is 0. The highest BCUT2D eigenvalue weighted by Crippen LogP contribution is 2.17. The van der Waals surface area contributed by atoms with Gasteiger partial charge in [-0.15, -0.1) is 0 Å². The van der Waals surface area contributed by atoms with Gasteiger partial charge in [0.15, 0.2) is 11.9 Å². The number of ether oxygens (including phenoxy) is 3. The highest BCUT2D eigenvalue weighted by atomic mass is 16.5.